The molecule has 21 nitrogen and oxygen atoms in total. The van der Waals surface area contributed by atoms with Gasteiger partial charge in [-0.3, -0.25) is 4.79 Å². The van der Waals surface area contributed by atoms with Crippen LogP contribution in [-0.2, 0) is 38.0 Å². The Bertz CT molecular complexity index is 1030. The van der Waals surface area contributed by atoms with Crippen molar-refractivity contribution >= 4 is 5.91 Å². The van der Waals surface area contributed by atoms with Crippen LogP contribution in [0.25, 0.3) is 0 Å². The Morgan fingerprint density at radius 1 is 0.560 bits per heavy atom. The number of aliphatic hydroxyl groups is 12. The number of hydrogen-bond acceptors (Lipinski definition) is 20. The van der Waals surface area contributed by atoms with Crippen LogP contribution in [-0.4, -0.2) is 217 Å². The van der Waals surface area contributed by atoms with E-state index in [1.165, 1.54) is 14.0 Å². The van der Waals surface area contributed by atoms with E-state index < -0.39 is 155 Å². The van der Waals surface area contributed by atoms with Gasteiger partial charge in [0.2, 0.25) is 5.91 Å². The number of aliphatic hydroxyl groups excluding tert-OH is 12. The van der Waals surface area contributed by atoms with E-state index in [1.807, 2.05) is 0 Å². The highest BCUT2D eigenvalue weighted by molar-refractivity contribution is 5.73. The van der Waals surface area contributed by atoms with Crippen molar-refractivity contribution in [3.8, 4) is 0 Å². The monoisotopic (exact) mass is 735 g/mol. The third kappa shape index (κ3) is 9.62. The van der Waals surface area contributed by atoms with Crippen molar-refractivity contribution in [2.24, 2.45) is 5.92 Å². The molecule has 294 valence electrons. The molecule has 9 unspecified atom stereocenters. The highest BCUT2D eigenvalue weighted by Crippen LogP contribution is 2.32. The molecule has 13 N–H and O–H groups in total. The normalized spacial score (nSPS) is 48.3. The van der Waals surface area contributed by atoms with Crippen LogP contribution in [0.4, 0.5) is 0 Å². The van der Waals surface area contributed by atoms with Crippen LogP contribution < -0.4 is 5.32 Å². The van der Waals surface area contributed by atoms with Gasteiger partial charge in [0.05, 0.1) is 38.6 Å². The Kier molecular flexibility index (Phi) is 16.5. The summed E-state index contributed by atoms with van der Waals surface area (Å²) in [5.74, 6) is -1.11. The summed E-state index contributed by atoms with van der Waals surface area (Å²) in [6, 6.07) is -1.05. The van der Waals surface area contributed by atoms with E-state index in [2.05, 4.69) is 5.32 Å². The zero-order valence-corrected chi connectivity index (χ0v) is 28.0. The molecule has 4 rings (SSSR count). The first kappa shape index (κ1) is 43.1. The maximum Gasteiger partial charge on any atom is 0.217 e. The minimum atomic E-state index is -1.70. The first-order valence-corrected chi connectivity index (χ1v) is 16.2. The molecule has 0 saturated carbocycles. The lowest BCUT2D eigenvalue weighted by Crippen LogP contribution is -2.67. The number of methoxy groups -OCH3 is 1. The first-order chi connectivity index (χ1) is 23.6. The van der Waals surface area contributed by atoms with E-state index in [0.717, 1.165) is 0 Å². The summed E-state index contributed by atoms with van der Waals surface area (Å²) in [6.45, 7) is 2.19. The second kappa shape index (κ2) is 19.2. The van der Waals surface area contributed by atoms with Gasteiger partial charge in [-0.15, -0.1) is 0 Å². The Morgan fingerprint density at radius 2 is 1.02 bits per heavy atom. The number of amides is 1. The molecular weight excluding hydrogens is 682 g/mol. The number of carbonyl (C=O) groups is 1. The second-order valence-electron chi connectivity index (χ2n) is 12.7. The maximum absolute atomic E-state index is 11.4. The van der Waals surface area contributed by atoms with E-state index >= 15 is 0 Å². The summed E-state index contributed by atoms with van der Waals surface area (Å²) in [7, 11) is 1.29. The van der Waals surface area contributed by atoms with Crippen molar-refractivity contribution in [1.29, 1.82) is 0 Å². The van der Waals surface area contributed by atoms with Gasteiger partial charge in [0.25, 0.3) is 0 Å². The molecule has 0 spiro atoms. The summed E-state index contributed by atoms with van der Waals surface area (Å²) in [6.07, 6.45) is -22.4. The largest absolute Gasteiger partial charge is 0.394 e. The third-order valence-corrected chi connectivity index (χ3v) is 9.22. The molecule has 1 amide bonds. The van der Waals surface area contributed by atoms with E-state index in [9.17, 15) is 66.1 Å². The zero-order chi connectivity index (χ0) is 37.6. The zero-order valence-electron chi connectivity index (χ0n) is 28.0. The highest BCUT2D eigenvalue weighted by Gasteiger charge is 2.52. The SMILES string of the molecule is CC1OC(CO)[C@@H](O[C@@H]2OC(CO)[C@H](O)[C@H](C)C2O)[C@H](O)C1O.CO[C@@H]1OC(CO)[C@@H](O[C@@H]2OC(CO)[C@H](O)[C@H](O)C2O)[C@H](O)C1NC(C)=O. The first-order valence-electron chi connectivity index (χ1n) is 16.2. The molecule has 0 aromatic carbocycles. The van der Waals surface area contributed by atoms with Gasteiger partial charge in [0.15, 0.2) is 18.9 Å². The molecule has 4 aliphatic rings. The second-order valence-corrected chi connectivity index (χ2v) is 12.7. The Morgan fingerprint density at radius 3 is 1.52 bits per heavy atom. The molecule has 0 aliphatic carbocycles. The van der Waals surface area contributed by atoms with Gasteiger partial charge in [-0.2, -0.15) is 0 Å². The van der Waals surface area contributed by atoms with Gasteiger partial charge >= 0.3 is 0 Å². The van der Waals surface area contributed by atoms with Gasteiger partial charge < -0.3 is 99.8 Å². The van der Waals surface area contributed by atoms with Crippen molar-refractivity contribution in [3.63, 3.8) is 0 Å². The standard InChI is InChI=1S/C15H27NO11.C14H26O9/c1-5(19)16-8-10(21)13(7(4-18)26-14(8)24-2)27-15-12(23)11(22)9(20)6(3-17)25-15;1-5-9(17)7(3-15)22-14(10(5)18)23-13-8(4-16)21-6(2)11(19)12(13)20/h6-15,17-18,20-23H,3-4H2,1-2H3,(H,16,19);5-20H,3-4H2,1-2H3/t6?,7?,8?,9-,10+,11-,12?,13+,14+,15-;5-,6?,7?,8?,9+,10?,11?,12+,13+,14-/m00/s1. The summed E-state index contributed by atoms with van der Waals surface area (Å²) in [4.78, 5) is 11.4. The van der Waals surface area contributed by atoms with Crippen LogP contribution in [0.2, 0.25) is 0 Å². The molecule has 4 fully saturated rings. The van der Waals surface area contributed by atoms with Crippen LogP contribution >= 0.6 is 0 Å². The van der Waals surface area contributed by atoms with Crippen LogP contribution in [0.15, 0.2) is 0 Å². The molecule has 21 heteroatoms. The lowest BCUT2D eigenvalue weighted by molar-refractivity contribution is -0.346. The smallest absolute Gasteiger partial charge is 0.217 e. The molecule has 4 heterocycles. The van der Waals surface area contributed by atoms with Crippen LogP contribution in [0.3, 0.4) is 0 Å². The molecule has 50 heavy (non-hydrogen) atoms. The van der Waals surface area contributed by atoms with Crippen molar-refractivity contribution in [2.45, 2.75) is 137 Å². The topological polar surface area (TPSA) is 336 Å². The van der Waals surface area contributed by atoms with E-state index in [4.69, 9.17) is 33.2 Å². The minimum absolute atomic E-state index is 0.455. The fourth-order valence-corrected chi connectivity index (χ4v) is 6.14. The number of ether oxygens (including phenoxy) is 7. The van der Waals surface area contributed by atoms with E-state index in [0.29, 0.717) is 0 Å². The molecule has 4 aliphatic heterocycles. The highest BCUT2D eigenvalue weighted by atomic mass is 16.7. The molecule has 0 bridgehead atoms. The molecular formula is C29H53NO20. The minimum Gasteiger partial charge on any atom is -0.394 e. The average molecular weight is 736 g/mol. The number of carbonyl (C=O) groups excluding carboxylic acids is 1. The fourth-order valence-electron chi connectivity index (χ4n) is 6.14. The van der Waals surface area contributed by atoms with Gasteiger partial charge in [-0.05, 0) is 6.92 Å². The van der Waals surface area contributed by atoms with Gasteiger partial charge in [0, 0.05) is 20.0 Å². The predicted molar refractivity (Wildman–Crippen MR) is 160 cm³/mol. The van der Waals surface area contributed by atoms with Crippen molar-refractivity contribution in [1.82, 2.24) is 5.32 Å². The molecule has 0 aromatic heterocycles. The predicted octanol–water partition coefficient (Wildman–Crippen LogP) is -7.65. The third-order valence-electron chi connectivity index (χ3n) is 9.22. The van der Waals surface area contributed by atoms with Crippen molar-refractivity contribution in [2.75, 3.05) is 33.5 Å². The lowest BCUT2D eigenvalue weighted by Gasteiger charge is -2.46. The number of hydrogen-bond donors (Lipinski definition) is 13. The number of rotatable bonds is 10. The Balaban J connectivity index is 0.000000274. The van der Waals surface area contributed by atoms with Crippen LogP contribution in [0, 0.1) is 5.92 Å². The van der Waals surface area contributed by atoms with Crippen molar-refractivity contribution < 1.29 is 99.2 Å². The van der Waals surface area contributed by atoms with E-state index in [1.54, 1.807) is 13.8 Å². The van der Waals surface area contributed by atoms with Gasteiger partial charge in [0.1, 0.15) is 85.4 Å². The molecule has 4 saturated heterocycles. The fraction of sp³-hybridized carbons (Fsp3) is 0.966. The van der Waals surface area contributed by atoms with E-state index in [-0.39, 0.29) is 0 Å². The lowest BCUT2D eigenvalue weighted by atomic mass is 9.90. The summed E-state index contributed by atoms with van der Waals surface area (Å²) >= 11 is 0. The summed E-state index contributed by atoms with van der Waals surface area (Å²) in [5.41, 5.74) is 0. The van der Waals surface area contributed by atoms with Crippen LogP contribution in [0.5, 0.6) is 0 Å². The summed E-state index contributed by atoms with van der Waals surface area (Å²) in [5, 5.41) is 120. The maximum atomic E-state index is 11.4. The summed E-state index contributed by atoms with van der Waals surface area (Å²) < 4.78 is 37.6. The van der Waals surface area contributed by atoms with Gasteiger partial charge in [-0.25, -0.2) is 0 Å². The molecule has 0 aromatic rings. The molecule has 20 atom stereocenters. The van der Waals surface area contributed by atoms with Gasteiger partial charge in [-0.1, -0.05) is 6.92 Å². The molecule has 0 radical (unpaired) electrons. The van der Waals surface area contributed by atoms with Crippen molar-refractivity contribution in [3.05, 3.63) is 0 Å². The quantitative estimate of drug-likeness (QED) is 0.0990. The number of nitrogens with one attached hydrogen (secondary N) is 1. The van der Waals surface area contributed by atoms with Crippen LogP contribution in [0.1, 0.15) is 20.8 Å². The Hall–Kier alpha value is -1.29. The Labute approximate surface area is 287 Å². The average Bonchev–Trinajstić information content (AvgIpc) is 3.10.